The zero-order valence-electron chi connectivity index (χ0n) is 12.9. The van der Waals surface area contributed by atoms with E-state index in [1.54, 1.807) is 19.9 Å². The third kappa shape index (κ3) is 3.81. The Morgan fingerprint density at radius 3 is 2.29 bits per heavy atom. The van der Waals surface area contributed by atoms with Gasteiger partial charge < -0.3 is 11.1 Å². The molecule has 0 aliphatic carbocycles. The van der Waals surface area contributed by atoms with Crippen molar-refractivity contribution < 1.29 is 13.2 Å². The first-order chi connectivity index (χ1) is 9.77. The Morgan fingerprint density at radius 1 is 1.24 bits per heavy atom. The Morgan fingerprint density at radius 2 is 1.81 bits per heavy atom. The highest BCUT2D eigenvalue weighted by Gasteiger charge is 2.23. The molecule has 0 saturated heterocycles. The average molecular weight is 313 g/mol. The zero-order chi connectivity index (χ0) is 16.2. The number of benzene rings is 1. The highest BCUT2D eigenvalue weighted by Crippen LogP contribution is 2.26. The van der Waals surface area contributed by atoms with E-state index in [-0.39, 0.29) is 17.3 Å². The van der Waals surface area contributed by atoms with Crippen LogP contribution in [0.25, 0.3) is 0 Å². The molecule has 0 heterocycles. The van der Waals surface area contributed by atoms with Crippen molar-refractivity contribution >= 4 is 21.6 Å². The summed E-state index contributed by atoms with van der Waals surface area (Å²) in [6, 6.07) is 3.12. The van der Waals surface area contributed by atoms with E-state index in [1.807, 2.05) is 13.8 Å². The summed E-state index contributed by atoms with van der Waals surface area (Å²) in [5, 5.41) is 2.64. The minimum atomic E-state index is -3.55. The first-order valence-corrected chi connectivity index (χ1v) is 8.33. The van der Waals surface area contributed by atoms with Gasteiger partial charge in [0.25, 0.3) is 0 Å². The molecule has 21 heavy (non-hydrogen) atoms. The number of aryl methyl sites for hydroxylation is 1. The molecule has 118 valence electrons. The van der Waals surface area contributed by atoms with Crippen molar-refractivity contribution in [2.24, 2.45) is 5.73 Å². The van der Waals surface area contributed by atoms with Gasteiger partial charge in [0.1, 0.15) is 0 Å². The van der Waals surface area contributed by atoms with Crippen LogP contribution in [-0.2, 0) is 14.8 Å². The van der Waals surface area contributed by atoms with Gasteiger partial charge in [-0.15, -0.1) is 0 Å². The van der Waals surface area contributed by atoms with E-state index in [0.717, 1.165) is 11.1 Å². The van der Waals surface area contributed by atoms with E-state index in [2.05, 4.69) is 5.32 Å². The topological polar surface area (TPSA) is 92.5 Å². The third-order valence-corrected chi connectivity index (χ3v) is 5.47. The number of rotatable bonds is 6. The number of amides is 1. The molecule has 1 rings (SSSR count). The van der Waals surface area contributed by atoms with Crippen molar-refractivity contribution in [1.29, 1.82) is 0 Å². The summed E-state index contributed by atoms with van der Waals surface area (Å²) in [4.78, 5) is 11.6. The lowest BCUT2D eigenvalue weighted by Crippen LogP contribution is -2.31. The van der Waals surface area contributed by atoms with Gasteiger partial charge in [0.2, 0.25) is 15.9 Å². The minimum absolute atomic E-state index is 0.147. The number of sulfonamides is 1. The van der Waals surface area contributed by atoms with Crippen LogP contribution in [0.5, 0.6) is 0 Å². The standard InChI is InChI=1S/C14H23N3O3S/c1-5-17(6-2)21(19,20)12-7-10(3)11(4)13(8-12)16-14(18)9-15/h7-8H,5-6,9,15H2,1-4H3,(H,16,18). The largest absolute Gasteiger partial charge is 0.325 e. The second kappa shape index (κ2) is 7.02. The van der Waals surface area contributed by atoms with Crippen molar-refractivity contribution in [3.8, 4) is 0 Å². The molecule has 1 amide bonds. The van der Waals surface area contributed by atoms with Crippen LogP contribution in [0.2, 0.25) is 0 Å². The Kier molecular flexibility index (Phi) is 5.88. The number of nitrogens with one attached hydrogen (secondary N) is 1. The Hall–Kier alpha value is -1.44. The Bertz CT molecular complexity index is 623. The maximum Gasteiger partial charge on any atom is 0.243 e. The molecular formula is C14H23N3O3S. The molecule has 0 spiro atoms. The summed E-state index contributed by atoms with van der Waals surface area (Å²) in [5.74, 6) is -0.352. The van der Waals surface area contributed by atoms with E-state index in [1.165, 1.54) is 10.4 Å². The van der Waals surface area contributed by atoms with E-state index >= 15 is 0 Å². The number of carbonyl (C=O) groups is 1. The second-order valence-electron chi connectivity index (χ2n) is 4.75. The number of hydrogen-bond donors (Lipinski definition) is 2. The molecule has 6 nitrogen and oxygen atoms in total. The molecule has 1 aromatic carbocycles. The zero-order valence-corrected chi connectivity index (χ0v) is 13.8. The summed E-state index contributed by atoms with van der Waals surface area (Å²) in [7, 11) is -3.55. The number of hydrogen-bond acceptors (Lipinski definition) is 4. The van der Waals surface area contributed by atoms with Crippen LogP contribution in [0.3, 0.4) is 0 Å². The van der Waals surface area contributed by atoms with Crippen LogP contribution in [-0.4, -0.2) is 38.3 Å². The number of carbonyl (C=O) groups excluding carboxylic acids is 1. The maximum absolute atomic E-state index is 12.6. The molecule has 0 aromatic heterocycles. The molecule has 3 N–H and O–H groups in total. The molecule has 1 aromatic rings. The highest BCUT2D eigenvalue weighted by atomic mass is 32.2. The fraction of sp³-hybridized carbons (Fsp3) is 0.500. The molecule has 0 saturated carbocycles. The summed E-state index contributed by atoms with van der Waals surface area (Å²) in [5.41, 5.74) is 7.40. The summed E-state index contributed by atoms with van der Waals surface area (Å²) in [6.07, 6.45) is 0. The quantitative estimate of drug-likeness (QED) is 0.826. The van der Waals surface area contributed by atoms with Crippen molar-refractivity contribution in [3.05, 3.63) is 23.3 Å². The van der Waals surface area contributed by atoms with E-state index in [9.17, 15) is 13.2 Å². The average Bonchev–Trinajstić information content (AvgIpc) is 2.44. The van der Waals surface area contributed by atoms with Gasteiger partial charge in [-0.3, -0.25) is 4.79 Å². The minimum Gasteiger partial charge on any atom is -0.325 e. The first-order valence-electron chi connectivity index (χ1n) is 6.89. The van der Waals surface area contributed by atoms with Crippen molar-refractivity contribution in [2.75, 3.05) is 25.0 Å². The molecule has 0 atom stereocenters. The van der Waals surface area contributed by atoms with E-state index < -0.39 is 10.0 Å². The molecule has 0 unspecified atom stereocenters. The fourth-order valence-electron chi connectivity index (χ4n) is 2.02. The Labute approximate surface area is 126 Å². The van der Waals surface area contributed by atoms with Gasteiger partial charge in [0.15, 0.2) is 0 Å². The monoisotopic (exact) mass is 313 g/mol. The SMILES string of the molecule is CCN(CC)S(=O)(=O)c1cc(C)c(C)c(NC(=O)CN)c1. The van der Waals surface area contributed by atoms with Crippen LogP contribution >= 0.6 is 0 Å². The molecule has 0 aliphatic heterocycles. The van der Waals surface area contributed by atoms with Gasteiger partial charge >= 0.3 is 0 Å². The lowest BCUT2D eigenvalue weighted by Gasteiger charge is -2.20. The first kappa shape index (κ1) is 17.6. The number of anilines is 1. The van der Waals surface area contributed by atoms with Gasteiger partial charge in [-0.2, -0.15) is 4.31 Å². The lowest BCUT2D eigenvalue weighted by atomic mass is 10.1. The van der Waals surface area contributed by atoms with Crippen molar-refractivity contribution in [3.63, 3.8) is 0 Å². The third-order valence-electron chi connectivity index (χ3n) is 3.44. The van der Waals surface area contributed by atoms with Gasteiger partial charge in [0.05, 0.1) is 11.4 Å². The second-order valence-corrected chi connectivity index (χ2v) is 6.69. The van der Waals surface area contributed by atoms with Crippen LogP contribution in [0, 0.1) is 13.8 Å². The van der Waals surface area contributed by atoms with Gasteiger partial charge in [-0.05, 0) is 37.1 Å². The molecule has 7 heteroatoms. The highest BCUT2D eigenvalue weighted by molar-refractivity contribution is 7.89. The van der Waals surface area contributed by atoms with E-state index in [4.69, 9.17) is 5.73 Å². The fourth-order valence-corrected chi connectivity index (χ4v) is 3.59. The van der Waals surface area contributed by atoms with Crippen molar-refractivity contribution in [1.82, 2.24) is 4.31 Å². The lowest BCUT2D eigenvalue weighted by molar-refractivity contribution is -0.114. The summed E-state index contributed by atoms with van der Waals surface area (Å²) < 4.78 is 26.5. The van der Waals surface area contributed by atoms with E-state index in [0.29, 0.717) is 18.8 Å². The van der Waals surface area contributed by atoms with Gasteiger partial charge in [-0.25, -0.2) is 8.42 Å². The summed E-state index contributed by atoms with van der Waals surface area (Å²) in [6.45, 7) is 7.88. The van der Waals surface area contributed by atoms with Gasteiger partial charge in [-0.1, -0.05) is 13.8 Å². The smallest absolute Gasteiger partial charge is 0.243 e. The number of nitrogens with zero attached hydrogens (tertiary/aromatic N) is 1. The normalized spacial score (nSPS) is 11.7. The molecular weight excluding hydrogens is 290 g/mol. The summed E-state index contributed by atoms with van der Waals surface area (Å²) >= 11 is 0. The predicted octanol–water partition coefficient (Wildman–Crippen LogP) is 1.23. The van der Waals surface area contributed by atoms with Gasteiger partial charge in [0, 0.05) is 18.8 Å². The molecule has 0 fully saturated rings. The molecule has 0 bridgehead atoms. The van der Waals surface area contributed by atoms with Crippen molar-refractivity contribution in [2.45, 2.75) is 32.6 Å². The Balaban J connectivity index is 3.36. The van der Waals surface area contributed by atoms with Crippen LogP contribution in [0.4, 0.5) is 5.69 Å². The van der Waals surface area contributed by atoms with Crippen LogP contribution in [0.1, 0.15) is 25.0 Å². The molecule has 0 radical (unpaired) electrons. The maximum atomic E-state index is 12.6. The van der Waals surface area contributed by atoms with Crippen LogP contribution < -0.4 is 11.1 Å². The van der Waals surface area contributed by atoms with Crippen LogP contribution in [0.15, 0.2) is 17.0 Å². The number of nitrogens with two attached hydrogens (primary N) is 1. The predicted molar refractivity (Wildman–Crippen MR) is 83.7 cm³/mol. The molecule has 0 aliphatic rings.